The second kappa shape index (κ2) is 10.6. The van der Waals surface area contributed by atoms with Gasteiger partial charge in [0.15, 0.2) is 0 Å². The predicted molar refractivity (Wildman–Crippen MR) is 110 cm³/mol. The van der Waals surface area contributed by atoms with E-state index in [1.807, 2.05) is 12.1 Å². The maximum Gasteiger partial charge on any atom is 0.218 e. The highest BCUT2D eigenvalue weighted by atomic mass is 16.5. The molecule has 2 saturated heterocycles. The molecule has 0 N–H and O–H groups in total. The Bertz CT molecular complexity index is 575. The van der Waals surface area contributed by atoms with Gasteiger partial charge in [0.25, 0.3) is 0 Å². The topological polar surface area (TPSA) is 44.7 Å². The molecular weight excluding hydrogens is 338 g/mol. The lowest BCUT2D eigenvalue weighted by molar-refractivity contribution is 0.123. The van der Waals surface area contributed by atoms with Crippen LogP contribution in [0.1, 0.15) is 38.5 Å². The van der Waals surface area contributed by atoms with Gasteiger partial charge < -0.3 is 14.5 Å². The van der Waals surface area contributed by atoms with Crippen LogP contribution in [-0.2, 0) is 0 Å². The van der Waals surface area contributed by atoms with Crippen LogP contribution in [0, 0.1) is 0 Å². The quantitative estimate of drug-likeness (QED) is 0.653. The summed E-state index contributed by atoms with van der Waals surface area (Å²) >= 11 is 0. The van der Waals surface area contributed by atoms with Crippen molar-refractivity contribution in [3.63, 3.8) is 0 Å². The molecule has 0 unspecified atom stereocenters. The van der Waals surface area contributed by atoms with Gasteiger partial charge in [0.1, 0.15) is 18.2 Å². The fourth-order valence-corrected chi connectivity index (χ4v) is 3.92. The van der Waals surface area contributed by atoms with Crippen LogP contribution in [0.4, 0.5) is 5.82 Å². The third-order valence-electron chi connectivity index (χ3n) is 5.56. The van der Waals surface area contributed by atoms with E-state index in [1.54, 1.807) is 6.33 Å². The van der Waals surface area contributed by atoms with Gasteiger partial charge >= 0.3 is 0 Å². The molecule has 0 aliphatic carbocycles. The van der Waals surface area contributed by atoms with Crippen molar-refractivity contribution in [3.05, 3.63) is 25.0 Å². The van der Waals surface area contributed by atoms with Gasteiger partial charge in [-0.05, 0) is 58.7 Å². The molecule has 2 fully saturated rings. The average Bonchev–Trinajstić information content (AvgIpc) is 2.91. The van der Waals surface area contributed by atoms with E-state index >= 15 is 0 Å². The Morgan fingerprint density at radius 3 is 2.74 bits per heavy atom. The summed E-state index contributed by atoms with van der Waals surface area (Å²) in [5.41, 5.74) is 0. The third-order valence-corrected chi connectivity index (χ3v) is 5.56. The molecule has 150 valence electrons. The zero-order valence-corrected chi connectivity index (χ0v) is 16.9. The number of allylic oxidation sites excluding steroid dienone is 1. The summed E-state index contributed by atoms with van der Waals surface area (Å²) in [6, 6.07) is 2.02. The molecule has 3 heterocycles. The van der Waals surface area contributed by atoms with Crippen molar-refractivity contribution in [2.24, 2.45) is 0 Å². The summed E-state index contributed by atoms with van der Waals surface area (Å²) in [5.74, 6) is 1.70. The Labute approximate surface area is 164 Å². The molecule has 1 atom stereocenters. The van der Waals surface area contributed by atoms with Crippen molar-refractivity contribution in [1.82, 2.24) is 19.8 Å². The van der Waals surface area contributed by atoms with Crippen LogP contribution in [0.25, 0.3) is 0 Å². The van der Waals surface area contributed by atoms with Gasteiger partial charge in [0, 0.05) is 38.8 Å². The predicted octanol–water partition coefficient (Wildman–Crippen LogP) is 2.82. The highest BCUT2D eigenvalue weighted by molar-refractivity contribution is 5.41. The van der Waals surface area contributed by atoms with Crippen molar-refractivity contribution in [1.29, 1.82) is 0 Å². The fraction of sp³-hybridized carbons (Fsp3) is 0.714. The standard InChI is InChI=1S/C21H35N5O/c1-3-4-9-19(17-25-11-8-10-24(2)14-15-25)27-21-16-20(22-18-23-21)26-12-6-5-7-13-26/h3,16,18-19H,1,4-15,17H2,2H3/t19-/m1/s1. The third kappa shape index (κ3) is 6.47. The van der Waals surface area contributed by atoms with Crippen LogP contribution in [0.5, 0.6) is 5.88 Å². The zero-order valence-electron chi connectivity index (χ0n) is 16.9. The summed E-state index contributed by atoms with van der Waals surface area (Å²) in [6.07, 6.45) is 10.7. The van der Waals surface area contributed by atoms with E-state index in [1.165, 1.54) is 32.2 Å². The van der Waals surface area contributed by atoms with E-state index in [4.69, 9.17) is 4.74 Å². The first-order chi connectivity index (χ1) is 13.2. The Kier molecular flexibility index (Phi) is 7.90. The maximum atomic E-state index is 6.34. The minimum absolute atomic E-state index is 0.135. The highest BCUT2D eigenvalue weighted by Crippen LogP contribution is 2.21. The van der Waals surface area contributed by atoms with Crippen molar-refractivity contribution in [2.45, 2.75) is 44.6 Å². The molecule has 0 radical (unpaired) electrons. The summed E-state index contributed by atoms with van der Waals surface area (Å²) < 4.78 is 6.34. The van der Waals surface area contributed by atoms with Crippen LogP contribution >= 0.6 is 0 Å². The van der Waals surface area contributed by atoms with Gasteiger partial charge in [0.05, 0.1) is 0 Å². The normalized spacial score (nSPS) is 20.9. The van der Waals surface area contributed by atoms with Crippen molar-refractivity contribution in [2.75, 3.05) is 57.8 Å². The summed E-state index contributed by atoms with van der Waals surface area (Å²) in [5, 5.41) is 0. The van der Waals surface area contributed by atoms with Crippen molar-refractivity contribution in [3.8, 4) is 5.88 Å². The number of anilines is 1. The van der Waals surface area contributed by atoms with Gasteiger partial charge in [-0.25, -0.2) is 9.97 Å². The summed E-state index contributed by atoms with van der Waals surface area (Å²) in [6.45, 7) is 11.5. The van der Waals surface area contributed by atoms with E-state index < -0.39 is 0 Å². The molecule has 27 heavy (non-hydrogen) atoms. The second-order valence-electron chi connectivity index (χ2n) is 7.83. The summed E-state index contributed by atoms with van der Waals surface area (Å²) in [7, 11) is 2.21. The van der Waals surface area contributed by atoms with Gasteiger partial charge in [-0.15, -0.1) is 6.58 Å². The van der Waals surface area contributed by atoms with Gasteiger partial charge in [0.2, 0.25) is 5.88 Å². The SMILES string of the molecule is C=CCC[C@H](CN1CCCN(C)CC1)Oc1cc(N2CCCCC2)ncn1. The number of hydrogen-bond acceptors (Lipinski definition) is 6. The zero-order chi connectivity index (χ0) is 18.9. The number of nitrogens with zero attached hydrogens (tertiary/aromatic N) is 5. The second-order valence-corrected chi connectivity index (χ2v) is 7.83. The van der Waals surface area contributed by atoms with E-state index in [9.17, 15) is 0 Å². The van der Waals surface area contributed by atoms with Crippen LogP contribution < -0.4 is 9.64 Å². The highest BCUT2D eigenvalue weighted by Gasteiger charge is 2.20. The Balaban J connectivity index is 1.62. The molecular formula is C21H35N5O. The molecule has 1 aromatic heterocycles. The van der Waals surface area contributed by atoms with Crippen LogP contribution in [0.2, 0.25) is 0 Å². The van der Waals surface area contributed by atoms with E-state index in [0.717, 1.165) is 57.9 Å². The maximum absolute atomic E-state index is 6.34. The Morgan fingerprint density at radius 2 is 1.93 bits per heavy atom. The average molecular weight is 374 g/mol. The van der Waals surface area contributed by atoms with Crippen LogP contribution in [0.15, 0.2) is 25.0 Å². The number of ether oxygens (including phenoxy) is 1. The van der Waals surface area contributed by atoms with Crippen molar-refractivity contribution >= 4 is 5.82 Å². The van der Waals surface area contributed by atoms with Gasteiger partial charge in [-0.2, -0.15) is 0 Å². The van der Waals surface area contributed by atoms with E-state index in [-0.39, 0.29) is 6.10 Å². The number of rotatable bonds is 8. The molecule has 0 saturated carbocycles. The van der Waals surface area contributed by atoms with E-state index in [2.05, 4.69) is 38.3 Å². The largest absolute Gasteiger partial charge is 0.473 e. The first-order valence-corrected chi connectivity index (χ1v) is 10.5. The molecule has 0 bridgehead atoms. The molecule has 0 aromatic carbocycles. The molecule has 6 heteroatoms. The molecule has 3 rings (SSSR count). The monoisotopic (exact) mass is 373 g/mol. The van der Waals surface area contributed by atoms with Gasteiger partial charge in [-0.1, -0.05) is 6.08 Å². The lowest BCUT2D eigenvalue weighted by Gasteiger charge is -2.29. The van der Waals surface area contributed by atoms with Gasteiger partial charge in [-0.3, -0.25) is 4.90 Å². The molecule has 0 spiro atoms. The molecule has 2 aliphatic rings. The van der Waals surface area contributed by atoms with Crippen LogP contribution in [-0.4, -0.2) is 78.7 Å². The molecule has 2 aliphatic heterocycles. The number of likely N-dealkylation sites (N-methyl/N-ethyl adjacent to an activating group) is 1. The minimum Gasteiger partial charge on any atom is -0.473 e. The molecule has 0 amide bonds. The number of piperidine rings is 1. The smallest absolute Gasteiger partial charge is 0.218 e. The Morgan fingerprint density at radius 1 is 1.07 bits per heavy atom. The summed E-state index contributed by atoms with van der Waals surface area (Å²) in [4.78, 5) is 16.2. The number of aromatic nitrogens is 2. The number of hydrogen-bond donors (Lipinski definition) is 0. The minimum atomic E-state index is 0.135. The van der Waals surface area contributed by atoms with Crippen molar-refractivity contribution < 1.29 is 4.74 Å². The first-order valence-electron chi connectivity index (χ1n) is 10.5. The lowest BCUT2D eigenvalue weighted by Crippen LogP contribution is -2.38. The molecule has 6 nitrogen and oxygen atoms in total. The fourth-order valence-electron chi connectivity index (χ4n) is 3.92. The Hall–Kier alpha value is -1.66. The lowest BCUT2D eigenvalue weighted by atomic mass is 10.1. The first kappa shape index (κ1) is 20.1. The molecule has 1 aromatic rings. The van der Waals surface area contributed by atoms with Crippen LogP contribution in [0.3, 0.4) is 0 Å². The van der Waals surface area contributed by atoms with E-state index in [0.29, 0.717) is 5.88 Å².